The molecule has 2 aliphatic heterocycles. The van der Waals surface area contributed by atoms with E-state index in [1.54, 1.807) is 23.2 Å². The Balaban J connectivity index is 1.78. The summed E-state index contributed by atoms with van der Waals surface area (Å²) in [6.45, 7) is 9.05. The number of fused-ring (bicyclic) bond motifs is 1. The molecule has 1 amide bonds. The molecule has 2 atom stereocenters. The molecule has 0 spiro atoms. The number of hydrogen-bond acceptors (Lipinski definition) is 4. The molecule has 2 aliphatic rings. The van der Waals surface area contributed by atoms with Gasteiger partial charge in [0.25, 0.3) is 5.91 Å². The summed E-state index contributed by atoms with van der Waals surface area (Å²) in [5.41, 5.74) is 0.378. The third-order valence-corrected chi connectivity index (χ3v) is 8.88. The van der Waals surface area contributed by atoms with Crippen molar-refractivity contribution in [3.8, 4) is 0 Å². The molecule has 0 N–H and O–H groups in total. The lowest BCUT2D eigenvalue weighted by molar-refractivity contribution is 0.0621. The van der Waals surface area contributed by atoms with Crippen LogP contribution in [0.15, 0.2) is 34.1 Å². The van der Waals surface area contributed by atoms with Crippen LogP contribution in [0.2, 0.25) is 0 Å². The van der Waals surface area contributed by atoms with Gasteiger partial charge in [-0.15, -0.1) is 0 Å². The molecule has 0 bridgehead atoms. The van der Waals surface area contributed by atoms with Gasteiger partial charge in [-0.1, -0.05) is 26.7 Å². The summed E-state index contributed by atoms with van der Waals surface area (Å²) in [6.07, 6.45) is 6.47. The summed E-state index contributed by atoms with van der Waals surface area (Å²) >= 11 is 0. The summed E-state index contributed by atoms with van der Waals surface area (Å²) < 4.78 is 30.1. The highest BCUT2D eigenvalue weighted by Crippen LogP contribution is 2.25. The molecule has 7 nitrogen and oxygen atoms in total. The molecule has 1 aromatic carbocycles. The Morgan fingerprint density at radius 3 is 2.27 bits per heavy atom. The Morgan fingerprint density at radius 2 is 1.67 bits per heavy atom. The van der Waals surface area contributed by atoms with Crippen LogP contribution in [0.1, 0.15) is 63.2 Å². The van der Waals surface area contributed by atoms with Crippen LogP contribution in [0.4, 0.5) is 0 Å². The summed E-state index contributed by atoms with van der Waals surface area (Å²) in [6, 6.07) is 4.76. The van der Waals surface area contributed by atoms with Crippen molar-refractivity contribution in [3.63, 3.8) is 0 Å². The number of aryl methyl sites for hydroxylation is 1. The molecule has 0 unspecified atom stereocenters. The monoisotopic (exact) mass is 473 g/mol. The maximum atomic E-state index is 13.5. The average Bonchev–Trinajstić information content (AvgIpc) is 3.08. The van der Waals surface area contributed by atoms with Gasteiger partial charge in [0.15, 0.2) is 0 Å². The first kappa shape index (κ1) is 24.0. The normalized spacial score (nSPS) is 22.9. The van der Waals surface area contributed by atoms with Crippen LogP contribution in [0, 0.1) is 11.8 Å². The third kappa shape index (κ3) is 4.73. The van der Waals surface area contributed by atoms with Gasteiger partial charge < -0.3 is 9.47 Å². The van der Waals surface area contributed by atoms with Gasteiger partial charge in [-0.25, -0.2) is 8.42 Å². The Kier molecular flexibility index (Phi) is 6.96. The number of rotatable bonds is 4. The minimum absolute atomic E-state index is 0.120. The van der Waals surface area contributed by atoms with Gasteiger partial charge in [0, 0.05) is 44.3 Å². The molecule has 2 aromatic rings. The number of piperidine rings is 1. The Morgan fingerprint density at radius 1 is 1.03 bits per heavy atom. The molecule has 8 heteroatoms. The van der Waals surface area contributed by atoms with Crippen molar-refractivity contribution in [2.24, 2.45) is 11.8 Å². The molecule has 0 radical (unpaired) electrons. The lowest BCUT2D eigenvalue weighted by atomic mass is 9.91. The number of pyridine rings is 1. The van der Waals surface area contributed by atoms with Crippen molar-refractivity contribution in [2.75, 3.05) is 26.2 Å². The van der Waals surface area contributed by atoms with Crippen LogP contribution in [0.3, 0.4) is 0 Å². The van der Waals surface area contributed by atoms with Gasteiger partial charge in [-0.2, -0.15) is 4.31 Å². The van der Waals surface area contributed by atoms with Crippen LogP contribution in [0.25, 0.3) is 10.9 Å². The van der Waals surface area contributed by atoms with E-state index in [0.717, 1.165) is 32.1 Å². The van der Waals surface area contributed by atoms with E-state index in [1.165, 1.54) is 10.4 Å². The van der Waals surface area contributed by atoms with Crippen molar-refractivity contribution in [2.45, 2.75) is 64.3 Å². The minimum Gasteiger partial charge on any atom is -0.347 e. The molecule has 0 saturated carbocycles. The number of sulfonamides is 1. The second-order valence-electron chi connectivity index (χ2n) is 9.81. The zero-order valence-electron chi connectivity index (χ0n) is 19.9. The first-order valence-corrected chi connectivity index (χ1v) is 13.6. The number of aromatic nitrogens is 1. The molecular weight excluding hydrogens is 438 g/mol. The number of carbonyl (C=O) groups is 1. The highest BCUT2D eigenvalue weighted by Gasteiger charge is 2.29. The van der Waals surface area contributed by atoms with Crippen molar-refractivity contribution < 1.29 is 13.2 Å². The molecule has 2 saturated heterocycles. The SMILES string of the molecule is CCn1cc(C(=O)N2C[C@H](C)C[C@H](C)C2)c(=O)c2cc(S(=O)(=O)N3CCCCCC3)ccc21. The predicted octanol–water partition coefficient (Wildman–Crippen LogP) is 3.70. The molecular formula is C25H35N3O4S. The van der Waals surface area contributed by atoms with Crippen LogP contribution in [-0.2, 0) is 16.6 Å². The minimum atomic E-state index is -3.69. The third-order valence-electron chi connectivity index (χ3n) is 6.98. The largest absolute Gasteiger partial charge is 0.347 e. The summed E-state index contributed by atoms with van der Waals surface area (Å²) in [5, 5.41) is 0.289. The molecule has 33 heavy (non-hydrogen) atoms. The van der Waals surface area contributed by atoms with Crippen molar-refractivity contribution >= 4 is 26.8 Å². The summed E-state index contributed by atoms with van der Waals surface area (Å²) in [4.78, 5) is 28.8. The standard InChI is InChI=1S/C25H35N3O4S/c1-4-26-17-22(25(30)27-15-18(2)13-19(3)16-27)24(29)21-14-20(9-10-23(21)26)33(31,32)28-11-7-5-6-8-12-28/h9-10,14,17-19H,4-8,11-13,15-16H2,1-3H3/t18-,19+. The smallest absolute Gasteiger partial charge is 0.259 e. The highest BCUT2D eigenvalue weighted by atomic mass is 32.2. The molecule has 3 heterocycles. The zero-order valence-corrected chi connectivity index (χ0v) is 20.7. The second kappa shape index (κ2) is 9.58. The molecule has 2 fully saturated rings. The van der Waals surface area contributed by atoms with Gasteiger partial charge in [0.05, 0.1) is 10.4 Å². The van der Waals surface area contributed by atoms with E-state index in [4.69, 9.17) is 0 Å². The van der Waals surface area contributed by atoms with Crippen molar-refractivity contribution in [1.29, 1.82) is 0 Å². The van der Waals surface area contributed by atoms with E-state index < -0.39 is 15.5 Å². The fraction of sp³-hybridized carbons (Fsp3) is 0.600. The summed E-state index contributed by atoms with van der Waals surface area (Å²) in [5.74, 6) is 0.511. The van der Waals surface area contributed by atoms with Crippen LogP contribution >= 0.6 is 0 Å². The number of amides is 1. The first-order valence-electron chi connectivity index (χ1n) is 12.2. The van der Waals surface area contributed by atoms with E-state index >= 15 is 0 Å². The van der Waals surface area contributed by atoms with Crippen LogP contribution in [-0.4, -0.2) is 54.3 Å². The fourth-order valence-corrected chi connectivity index (χ4v) is 6.93. The number of nitrogens with zero attached hydrogens (tertiary/aromatic N) is 3. The van der Waals surface area contributed by atoms with Gasteiger partial charge in [-0.3, -0.25) is 9.59 Å². The fourth-order valence-electron chi connectivity index (χ4n) is 5.38. The number of benzene rings is 1. The Labute approximate surface area is 196 Å². The predicted molar refractivity (Wildman–Crippen MR) is 130 cm³/mol. The first-order chi connectivity index (χ1) is 15.7. The maximum Gasteiger partial charge on any atom is 0.259 e. The molecule has 180 valence electrons. The Bertz CT molecular complexity index is 1190. The average molecular weight is 474 g/mol. The summed E-state index contributed by atoms with van der Waals surface area (Å²) in [7, 11) is -3.69. The van der Waals surface area contributed by atoms with Crippen molar-refractivity contribution in [3.05, 3.63) is 40.2 Å². The van der Waals surface area contributed by atoms with Crippen molar-refractivity contribution in [1.82, 2.24) is 13.8 Å². The molecule has 4 rings (SSSR count). The topological polar surface area (TPSA) is 79.7 Å². The number of carbonyl (C=O) groups excluding carboxylic acids is 1. The van der Waals surface area contributed by atoms with E-state index in [0.29, 0.717) is 50.1 Å². The van der Waals surface area contributed by atoms with Gasteiger partial charge >= 0.3 is 0 Å². The number of likely N-dealkylation sites (tertiary alicyclic amines) is 1. The van der Waals surface area contributed by atoms with Crippen LogP contribution in [0.5, 0.6) is 0 Å². The zero-order chi connectivity index (χ0) is 23.8. The lowest BCUT2D eigenvalue weighted by Crippen LogP contribution is -2.44. The van der Waals surface area contributed by atoms with E-state index in [-0.39, 0.29) is 21.8 Å². The maximum absolute atomic E-state index is 13.5. The van der Waals surface area contributed by atoms with E-state index in [1.807, 2.05) is 11.5 Å². The molecule has 1 aromatic heterocycles. The quantitative estimate of drug-likeness (QED) is 0.678. The molecule has 0 aliphatic carbocycles. The van der Waals surface area contributed by atoms with Gasteiger partial charge in [0.2, 0.25) is 15.5 Å². The van der Waals surface area contributed by atoms with Gasteiger partial charge in [0.1, 0.15) is 5.56 Å². The highest BCUT2D eigenvalue weighted by molar-refractivity contribution is 7.89. The van der Waals surface area contributed by atoms with Gasteiger partial charge in [-0.05, 0) is 56.2 Å². The van der Waals surface area contributed by atoms with Crippen LogP contribution < -0.4 is 5.43 Å². The second-order valence-corrected chi connectivity index (χ2v) is 11.7. The number of hydrogen-bond donors (Lipinski definition) is 0. The van der Waals surface area contributed by atoms with E-state index in [2.05, 4.69) is 13.8 Å². The lowest BCUT2D eigenvalue weighted by Gasteiger charge is -2.35. The van der Waals surface area contributed by atoms with E-state index in [9.17, 15) is 18.0 Å². The Hall–Kier alpha value is -2.19.